The smallest absolute Gasteiger partial charge is 0.389 e. The molecule has 0 saturated heterocycles. The zero-order valence-corrected chi connectivity index (χ0v) is 8.45. The molecule has 1 unspecified atom stereocenters. The number of aliphatic hydroxyl groups excluding tert-OH is 1. The maximum absolute atomic E-state index is 12.5. The second kappa shape index (κ2) is 4.21. The first kappa shape index (κ1) is 13.8. The van der Waals surface area contributed by atoms with Crippen LogP contribution in [0.25, 0.3) is 0 Å². The van der Waals surface area contributed by atoms with E-state index in [1.54, 1.807) is 0 Å². The number of rotatable bonds is 1. The second-order valence-electron chi connectivity index (χ2n) is 3.39. The minimum atomic E-state index is -4.97. The highest BCUT2D eigenvalue weighted by molar-refractivity contribution is 5.35. The Hall–Kier alpha value is -1.24. The van der Waals surface area contributed by atoms with Crippen LogP contribution in [0.5, 0.6) is 0 Å². The predicted molar refractivity (Wildman–Crippen MR) is 45.9 cm³/mol. The Labute approximate surface area is 92.7 Å². The van der Waals surface area contributed by atoms with Gasteiger partial charge in [0.1, 0.15) is 0 Å². The van der Waals surface area contributed by atoms with Crippen LogP contribution in [0.3, 0.4) is 0 Å². The van der Waals surface area contributed by atoms with Gasteiger partial charge in [0.2, 0.25) is 0 Å². The van der Waals surface area contributed by atoms with Crippen LogP contribution in [0.1, 0.15) is 29.7 Å². The monoisotopic (exact) mass is 257 g/mol. The summed E-state index contributed by atoms with van der Waals surface area (Å²) in [6.45, 7) is 1.02. The predicted octanol–water partition coefficient (Wildman–Crippen LogP) is 3.58. The molecule has 0 amide bonds. The molecule has 1 rings (SSSR count). The van der Waals surface area contributed by atoms with Gasteiger partial charge in [-0.3, -0.25) is 0 Å². The quantitative estimate of drug-likeness (QED) is 0.762. The Morgan fingerprint density at radius 3 is 2.00 bits per heavy atom. The van der Waals surface area contributed by atoms with Gasteiger partial charge in [0.05, 0.1) is 17.2 Å². The number of halogens is 6. The van der Waals surface area contributed by atoms with Gasteiger partial charge < -0.3 is 5.11 Å². The van der Waals surface area contributed by atoms with E-state index in [-0.39, 0.29) is 6.07 Å². The molecule has 7 heteroatoms. The van der Waals surface area contributed by atoms with Crippen molar-refractivity contribution in [2.75, 3.05) is 0 Å². The Morgan fingerprint density at radius 1 is 1.12 bits per heavy atom. The standard InChI is InChI=1S/C10H7F6O/c1-5(17)7-3-2-6(9(11,12)13)4-8(7)10(14,15)16/h2,4-5,17H,1H3. The number of hydrogen-bond donors (Lipinski definition) is 1. The van der Waals surface area contributed by atoms with E-state index in [0.29, 0.717) is 6.07 Å². The van der Waals surface area contributed by atoms with Crippen LogP contribution in [0.15, 0.2) is 12.1 Å². The van der Waals surface area contributed by atoms with E-state index in [1.165, 1.54) is 0 Å². The molecule has 0 saturated carbocycles. The average molecular weight is 257 g/mol. The first-order valence-corrected chi connectivity index (χ1v) is 4.41. The van der Waals surface area contributed by atoms with Gasteiger partial charge in [0.25, 0.3) is 0 Å². The lowest BCUT2D eigenvalue weighted by atomic mass is 9.99. The summed E-state index contributed by atoms with van der Waals surface area (Å²) < 4.78 is 74.2. The third-order valence-corrected chi connectivity index (χ3v) is 2.02. The van der Waals surface area contributed by atoms with Crippen LogP contribution in [0.2, 0.25) is 0 Å². The first-order chi connectivity index (χ1) is 7.53. The summed E-state index contributed by atoms with van der Waals surface area (Å²) in [6, 6.07) is 2.19. The average Bonchev–Trinajstić information content (AvgIpc) is 2.14. The zero-order chi connectivity index (χ0) is 13.4. The molecule has 0 fully saturated rings. The van der Waals surface area contributed by atoms with Crippen molar-refractivity contribution in [3.63, 3.8) is 0 Å². The fourth-order valence-corrected chi connectivity index (χ4v) is 1.25. The normalized spacial score (nSPS) is 14.8. The lowest BCUT2D eigenvalue weighted by Gasteiger charge is -2.16. The lowest BCUT2D eigenvalue weighted by molar-refractivity contribution is -0.144. The first-order valence-electron chi connectivity index (χ1n) is 4.41. The van der Waals surface area contributed by atoms with Crippen molar-refractivity contribution in [2.24, 2.45) is 0 Å². The van der Waals surface area contributed by atoms with Crippen LogP contribution in [0.4, 0.5) is 26.3 Å². The summed E-state index contributed by atoms with van der Waals surface area (Å²) in [7, 11) is 0. The fourth-order valence-electron chi connectivity index (χ4n) is 1.25. The molecule has 0 heterocycles. The van der Waals surface area contributed by atoms with Gasteiger partial charge in [0.15, 0.2) is 0 Å². The summed E-state index contributed by atoms with van der Waals surface area (Å²) in [4.78, 5) is 0. The highest BCUT2D eigenvalue weighted by Crippen LogP contribution is 2.38. The molecule has 1 radical (unpaired) electrons. The van der Waals surface area contributed by atoms with Gasteiger partial charge in [-0.1, -0.05) is 0 Å². The van der Waals surface area contributed by atoms with Crippen molar-refractivity contribution in [1.82, 2.24) is 0 Å². The zero-order valence-electron chi connectivity index (χ0n) is 8.45. The highest BCUT2D eigenvalue weighted by Gasteiger charge is 2.38. The number of benzene rings is 1. The molecule has 0 spiro atoms. The highest BCUT2D eigenvalue weighted by atomic mass is 19.4. The molecular weight excluding hydrogens is 250 g/mol. The third-order valence-electron chi connectivity index (χ3n) is 2.02. The lowest BCUT2D eigenvalue weighted by Crippen LogP contribution is -2.14. The molecule has 0 aliphatic heterocycles. The molecule has 0 aliphatic rings. The maximum atomic E-state index is 12.5. The van der Waals surface area contributed by atoms with Crippen LogP contribution in [0, 0.1) is 6.07 Å². The van der Waals surface area contributed by atoms with E-state index in [4.69, 9.17) is 5.11 Å². The van der Waals surface area contributed by atoms with E-state index in [0.717, 1.165) is 6.92 Å². The van der Waals surface area contributed by atoms with Crippen LogP contribution < -0.4 is 0 Å². The minimum Gasteiger partial charge on any atom is -0.389 e. The molecule has 1 nitrogen and oxygen atoms in total. The van der Waals surface area contributed by atoms with Gasteiger partial charge >= 0.3 is 12.4 Å². The molecular formula is C10H7F6O. The molecule has 17 heavy (non-hydrogen) atoms. The maximum Gasteiger partial charge on any atom is 0.416 e. The Bertz CT molecular complexity index is 404. The van der Waals surface area contributed by atoms with Gasteiger partial charge in [-0.25, -0.2) is 0 Å². The van der Waals surface area contributed by atoms with Gasteiger partial charge in [0, 0.05) is 5.56 Å². The van der Waals surface area contributed by atoms with Crippen LogP contribution >= 0.6 is 0 Å². The van der Waals surface area contributed by atoms with Crippen molar-refractivity contribution >= 4 is 0 Å². The largest absolute Gasteiger partial charge is 0.416 e. The van der Waals surface area contributed by atoms with E-state index >= 15 is 0 Å². The van der Waals surface area contributed by atoms with Crippen molar-refractivity contribution in [2.45, 2.75) is 25.4 Å². The van der Waals surface area contributed by atoms with Crippen molar-refractivity contribution < 1.29 is 31.4 Å². The molecule has 0 aromatic heterocycles. The third kappa shape index (κ3) is 3.12. The Kier molecular flexibility index (Phi) is 3.42. The summed E-state index contributed by atoms with van der Waals surface area (Å²) in [6.07, 6.45) is -11.4. The van der Waals surface area contributed by atoms with E-state index in [1.807, 2.05) is 6.07 Å². The molecule has 0 aliphatic carbocycles. The van der Waals surface area contributed by atoms with Crippen molar-refractivity contribution in [1.29, 1.82) is 0 Å². The van der Waals surface area contributed by atoms with Crippen molar-refractivity contribution in [3.8, 4) is 0 Å². The van der Waals surface area contributed by atoms with Crippen LogP contribution in [-0.4, -0.2) is 5.11 Å². The van der Waals surface area contributed by atoms with Crippen molar-refractivity contribution in [3.05, 3.63) is 34.9 Å². The molecule has 1 N–H and O–H groups in total. The van der Waals surface area contributed by atoms with Crippen LogP contribution in [-0.2, 0) is 12.4 Å². The van der Waals surface area contributed by atoms with E-state index in [9.17, 15) is 26.3 Å². The number of aliphatic hydroxyl groups is 1. The minimum absolute atomic E-state index is 0.0292. The summed E-state index contributed by atoms with van der Waals surface area (Å²) in [5, 5.41) is 9.05. The second-order valence-corrected chi connectivity index (χ2v) is 3.39. The molecule has 0 bridgehead atoms. The number of hydrogen-bond acceptors (Lipinski definition) is 1. The molecule has 1 aromatic rings. The summed E-state index contributed by atoms with van der Waals surface area (Å²) >= 11 is 0. The topological polar surface area (TPSA) is 20.2 Å². The van der Waals surface area contributed by atoms with E-state index < -0.39 is 35.1 Å². The fraction of sp³-hybridized carbons (Fsp3) is 0.400. The molecule has 95 valence electrons. The van der Waals surface area contributed by atoms with E-state index in [2.05, 4.69) is 0 Å². The summed E-state index contributed by atoms with van der Waals surface area (Å²) in [5.74, 6) is 0. The SMILES string of the molecule is CC(O)c1[c]cc(C(F)(F)F)cc1C(F)(F)F. The van der Waals surface area contributed by atoms with Gasteiger partial charge in [-0.15, -0.1) is 0 Å². The summed E-state index contributed by atoms with van der Waals surface area (Å²) in [5.41, 5.74) is -3.68. The van der Waals surface area contributed by atoms with Gasteiger partial charge in [-0.05, 0) is 25.1 Å². The molecule has 1 atom stereocenters. The van der Waals surface area contributed by atoms with Gasteiger partial charge in [-0.2, -0.15) is 26.3 Å². The Balaban J connectivity index is 3.41. The Morgan fingerprint density at radius 2 is 1.65 bits per heavy atom. The molecule has 1 aromatic carbocycles. The number of alkyl halides is 6.